The molecule has 1 atom stereocenters. The van der Waals surface area contributed by atoms with E-state index in [-0.39, 0.29) is 11.8 Å². The van der Waals surface area contributed by atoms with E-state index in [1.54, 1.807) is 24.0 Å². The standard InChI is InChI=1S/C10H15N9OS2/c11-8-9(19-22(20)18-8)15-3-4-21-5-7-14-2-1-6(16-7)17-10(12)13/h1-2H,3-5H2,(H2,11,18)(H,15,19)(H4,12,13,14,16,17). The number of aromatic nitrogens is 4. The zero-order chi connectivity index (χ0) is 15.9. The van der Waals surface area contributed by atoms with E-state index in [0.717, 1.165) is 5.75 Å². The second kappa shape index (κ2) is 7.72. The monoisotopic (exact) mass is 341 g/mol. The Morgan fingerprint density at radius 3 is 2.95 bits per heavy atom. The smallest absolute Gasteiger partial charge is 0.229 e. The van der Waals surface area contributed by atoms with Crippen molar-refractivity contribution in [1.29, 1.82) is 0 Å². The molecule has 2 aromatic rings. The minimum Gasteiger partial charge on any atom is -0.548 e. The van der Waals surface area contributed by atoms with Crippen LogP contribution < -0.4 is 22.7 Å². The Bertz CT molecular complexity index is 719. The van der Waals surface area contributed by atoms with Gasteiger partial charge in [0.1, 0.15) is 5.82 Å². The molecule has 0 fully saturated rings. The first-order chi connectivity index (χ1) is 10.5. The van der Waals surface area contributed by atoms with Gasteiger partial charge in [-0.05, 0) is 0 Å². The molecular formula is C10H15N9OS2. The molecule has 0 saturated carbocycles. The number of hydrogen-bond donors (Lipinski definition) is 4. The summed E-state index contributed by atoms with van der Waals surface area (Å²) in [6.45, 7) is 0.508. The van der Waals surface area contributed by atoms with E-state index in [2.05, 4.69) is 28.7 Å². The molecule has 0 aliphatic rings. The highest BCUT2D eigenvalue weighted by atomic mass is 32.2. The molecule has 0 aliphatic heterocycles. The summed E-state index contributed by atoms with van der Waals surface area (Å²) in [6, 6.07) is 1.62. The molecule has 0 spiro atoms. The summed E-state index contributed by atoms with van der Waals surface area (Å²) in [5, 5.41) is 0. The first kappa shape index (κ1) is 16.2. The van der Waals surface area contributed by atoms with Gasteiger partial charge in [-0.25, -0.2) is 9.97 Å². The minimum absolute atomic E-state index is 0.0474. The number of hydrogen-bond acceptors (Lipinski definition) is 8. The SMILES string of the molecule is NC(N)=Nc1ccnc(CSCCN=c2[nH][s+]([O-])nc2N)n1. The number of nitrogens with zero attached hydrogens (tertiary/aromatic N) is 5. The highest BCUT2D eigenvalue weighted by molar-refractivity contribution is 7.98. The van der Waals surface area contributed by atoms with Crippen molar-refractivity contribution in [3.8, 4) is 0 Å². The zero-order valence-electron chi connectivity index (χ0n) is 11.5. The summed E-state index contributed by atoms with van der Waals surface area (Å²) in [4.78, 5) is 16.4. The number of nitrogens with two attached hydrogens (primary N) is 3. The van der Waals surface area contributed by atoms with E-state index in [1.165, 1.54) is 0 Å². The van der Waals surface area contributed by atoms with E-state index in [4.69, 9.17) is 17.2 Å². The number of nitrogen functional groups attached to an aromatic ring is 1. The van der Waals surface area contributed by atoms with E-state index in [1.807, 2.05) is 0 Å². The summed E-state index contributed by atoms with van der Waals surface area (Å²) < 4.78 is 17.2. The Balaban J connectivity index is 1.83. The Kier molecular flexibility index (Phi) is 5.68. The molecule has 118 valence electrons. The van der Waals surface area contributed by atoms with E-state index >= 15 is 0 Å². The first-order valence-electron chi connectivity index (χ1n) is 6.11. The molecule has 0 aliphatic carbocycles. The van der Waals surface area contributed by atoms with Crippen molar-refractivity contribution in [2.45, 2.75) is 5.75 Å². The predicted molar refractivity (Wildman–Crippen MR) is 85.7 cm³/mol. The molecule has 1 unspecified atom stereocenters. The molecule has 0 bridgehead atoms. The maximum absolute atomic E-state index is 11.0. The third-order valence-electron chi connectivity index (χ3n) is 2.28. The van der Waals surface area contributed by atoms with Gasteiger partial charge in [0, 0.05) is 22.4 Å². The molecule has 0 amide bonds. The number of aromatic amines is 1. The molecule has 0 saturated heterocycles. The highest BCUT2D eigenvalue weighted by Crippen LogP contribution is 2.11. The molecule has 2 heterocycles. The van der Waals surface area contributed by atoms with Crippen LogP contribution in [0.3, 0.4) is 0 Å². The fourth-order valence-electron chi connectivity index (χ4n) is 1.44. The molecule has 2 aromatic heterocycles. The molecular weight excluding hydrogens is 326 g/mol. The number of aliphatic imine (C=N–C) groups is 1. The van der Waals surface area contributed by atoms with E-state index in [0.29, 0.717) is 29.4 Å². The fourth-order valence-corrected chi connectivity index (χ4v) is 2.77. The largest absolute Gasteiger partial charge is 0.548 e. The van der Waals surface area contributed by atoms with Gasteiger partial charge < -0.3 is 21.8 Å². The van der Waals surface area contributed by atoms with Crippen LogP contribution in [-0.2, 0) is 5.75 Å². The fraction of sp³-hybridized carbons (Fsp3) is 0.300. The topological polar surface area (TPSA) is 180 Å². The molecule has 0 radical (unpaired) electrons. The van der Waals surface area contributed by atoms with Gasteiger partial charge in [-0.3, -0.25) is 4.99 Å². The second-order valence-corrected chi connectivity index (χ2v) is 5.97. The number of nitrogens with one attached hydrogen (secondary N) is 1. The average Bonchev–Trinajstić information content (AvgIpc) is 2.76. The molecule has 7 N–H and O–H groups in total. The van der Waals surface area contributed by atoms with Crippen LogP contribution in [0, 0.1) is 0 Å². The highest BCUT2D eigenvalue weighted by Gasteiger charge is 2.03. The van der Waals surface area contributed by atoms with E-state index < -0.39 is 11.1 Å². The minimum atomic E-state index is -1.51. The maximum Gasteiger partial charge on any atom is 0.229 e. The number of H-pyrrole nitrogens is 1. The van der Waals surface area contributed by atoms with Crippen molar-refractivity contribution in [3.63, 3.8) is 0 Å². The normalized spacial score (nSPS) is 12.4. The van der Waals surface area contributed by atoms with Gasteiger partial charge >= 0.3 is 0 Å². The van der Waals surface area contributed by atoms with Crippen LogP contribution in [0.1, 0.15) is 5.82 Å². The Morgan fingerprint density at radius 2 is 2.27 bits per heavy atom. The molecule has 22 heavy (non-hydrogen) atoms. The van der Waals surface area contributed by atoms with Crippen LogP contribution in [0.5, 0.6) is 0 Å². The number of rotatable bonds is 6. The Labute approximate surface area is 133 Å². The van der Waals surface area contributed by atoms with Crippen LogP contribution in [-0.4, -0.2) is 41.5 Å². The molecule has 0 aromatic carbocycles. The lowest BCUT2D eigenvalue weighted by atomic mass is 10.5. The zero-order valence-corrected chi connectivity index (χ0v) is 13.1. The summed E-state index contributed by atoms with van der Waals surface area (Å²) in [6.07, 6.45) is 1.60. The second-order valence-electron chi connectivity index (χ2n) is 3.98. The van der Waals surface area contributed by atoms with Crippen molar-refractivity contribution in [2.24, 2.45) is 21.5 Å². The first-order valence-corrected chi connectivity index (χ1v) is 8.37. The van der Waals surface area contributed by atoms with Crippen molar-refractivity contribution >= 4 is 40.5 Å². The van der Waals surface area contributed by atoms with Gasteiger partial charge in [-0.15, -0.1) is 4.37 Å². The summed E-state index contributed by atoms with van der Waals surface area (Å²) in [5.74, 6) is 2.49. The van der Waals surface area contributed by atoms with Gasteiger partial charge in [0.25, 0.3) is 0 Å². The lowest BCUT2D eigenvalue weighted by Gasteiger charge is -2.00. The number of thioether (sulfide) groups is 1. The van der Waals surface area contributed by atoms with Gasteiger partial charge in [0.05, 0.1) is 12.3 Å². The molecule has 2 rings (SSSR count). The average molecular weight is 341 g/mol. The van der Waals surface area contributed by atoms with Gasteiger partial charge in [0.15, 0.2) is 22.9 Å². The predicted octanol–water partition coefficient (Wildman–Crippen LogP) is -0.751. The Hall–Kier alpha value is -2.18. The van der Waals surface area contributed by atoms with Crippen LogP contribution in [0.25, 0.3) is 0 Å². The van der Waals surface area contributed by atoms with E-state index in [9.17, 15) is 4.55 Å². The quantitative estimate of drug-likeness (QED) is 0.229. The van der Waals surface area contributed by atoms with Crippen LogP contribution in [0.4, 0.5) is 11.6 Å². The van der Waals surface area contributed by atoms with Crippen molar-refractivity contribution in [2.75, 3.05) is 18.0 Å². The summed E-state index contributed by atoms with van der Waals surface area (Å²) in [7, 11) is 0. The van der Waals surface area contributed by atoms with Crippen LogP contribution >= 0.6 is 22.9 Å². The lowest BCUT2D eigenvalue weighted by molar-refractivity contribution is 0.584. The third-order valence-corrected chi connectivity index (χ3v) is 3.94. The number of guanidine groups is 1. The third kappa shape index (κ3) is 4.98. The Morgan fingerprint density at radius 1 is 1.45 bits per heavy atom. The maximum atomic E-state index is 11.0. The summed E-state index contributed by atoms with van der Waals surface area (Å²) >= 11 is 0.0869. The van der Waals surface area contributed by atoms with Crippen molar-refractivity contribution in [3.05, 3.63) is 23.6 Å². The number of anilines is 1. The van der Waals surface area contributed by atoms with Crippen LogP contribution in [0.2, 0.25) is 0 Å². The lowest BCUT2D eigenvalue weighted by Crippen LogP contribution is -2.22. The van der Waals surface area contributed by atoms with Gasteiger partial charge in [-0.2, -0.15) is 16.8 Å². The van der Waals surface area contributed by atoms with Gasteiger partial charge in [0.2, 0.25) is 11.3 Å². The van der Waals surface area contributed by atoms with Crippen molar-refractivity contribution < 1.29 is 4.55 Å². The van der Waals surface area contributed by atoms with Crippen molar-refractivity contribution in [1.82, 2.24) is 18.7 Å². The van der Waals surface area contributed by atoms with Gasteiger partial charge in [-0.1, -0.05) is 0 Å². The summed E-state index contributed by atoms with van der Waals surface area (Å²) in [5.41, 5.74) is 16.5. The molecule has 10 nitrogen and oxygen atoms in total. The van der Waals surface area contributed by atoms with Crippen LogP contribution in [0.15, 0.2) is 22.2 Å². The molecule has 12 heteroatoms.